The smallest absolute Gasteiger partial charge is 0.407 e. The zero-order valence-electron chi connectivity index (χ0n) is 31.4. The number of alkyl halides is 2. The van der Waals surface area contributed by atoms with Gasteiger partial charge in [0.25, 0.3) is 11.8 Å². The zero-order chi connectivity index (χ0) is 38.9. The highest BCUT2D eigenvalue weighted by molar-refractivity contribution is 6.01. The molecule has 1 aromatic heterocycles. The van der Waals surface area contributed by atoms with Crippen molar-refractivity contribution in [2.75, 3.05) is 26.9 Å². The van der Waals surface area contributed by atoms with E-state index in [0.29, 0.717) is 59.8 Å². The fraction of sp³-hybridized carbons (Fsp3) is 0.333. The summed E-state index contributed by atoms with van der Waals surface area (Å²) in [6.45, 7) is 0.982. The van der Waals surface area contributed by atoms with E-state index in [2.05, 4.69) is 15.3 Å². The van der Waals surface area contributed by atoms with Gasteiger partial charge in [0.2, 0.25) is 0 Å². The molecule has 2 saturated heterocycles. The lowest BCUT2D eigenvalue weighted by molar-refractivity contribution is -0.153. The van der Waals surface area contributed by atoms with Crippen molar-refractivity contribution in [1.29, 1.82) is 0 Å². The van der Waals surface area contributed by atoms with Gasteiger partial charge in [0, 0.05) is 41.2 Å². The SMILES string of the molecule is COC(=O)N[C@@H](C(=O)N1CC2(C[C@H]1C1=Nc3ccc(-c4ccc5c(c4)C(F)(F)c4cc(-c6cnc(C7CCCC7)[nH]6)ccc4-5)cc3C1)OCCO2)c1ccccc1. The number of halogens is 2. The highest BCUT2D eigenvalue weighted by Gasteiger charge is 2.53. The predicted octanol–water partition coefficient (Wildman–Crippen LogP) is 8.59. The van der Waals surface area contributed by atoms with Gasteiger partial charge in [-0.3, -0.25) is 9.79 Å². The first-order chi connectivity index (χ1) is 27.7. The second kappa shape index (κ2) is 13.7. The van der Waals surface area contributed by atoms with Crippen molar-refractivity contribution in [2.45, 2.75) is 68.2 Å². The standard InChI is InChI=1S/C45H41F2N5O5/c1-55-43(54)51-40(26-7-3-2-4-8-26)42(53)52-25-44(56-17-18-57-44)23-39(52)37-22-31-19-28(13-16-36(31)49-37)29-11-14-32-33-15-12-30(21-35(33)45(46,47)34(32)20-29)38-24-48-41(50-38)27-9-5-6-10-27/h2-4,7-8,11-16,19-21,24,27,39-40H,5-6,9-10,17-18,22-23,25H2,1H3,(H,48,50)(H,51,54)/t39-,40+/m0/s1. The minimum absolute atomic E-state index is 0.00360. The van der Waals surface area contributed by atoms with E-state index in [-0.39, 0.29) is 23.6 Å². The van der Waals surface area contributed by atoms with Crippen LogP contribution < -0.4 is 5.32 Å². The molecule has 57 heavy (non-hydrogen) atoms. The molecular formula is C45H41F2N5O5. The van der Waals surface area contributed by atoms with E-state index >= 15 is 8.78 Å². The number of hydrogen-bond donors (Lipinski definition) is 2. The van der Waals surface area contributed by atoms with Crippen molar-refractivity contribution < 1.29 is 32.6 Å². The Morgan fingerprint density at radius 2 is 1.60 bits per heavy atom. The minimum Gasteiger partial charge on any atom is -0.453 e. The number of alkyl carbamates (subject to hydrolysis) is 1. The van der Waals surface area contributed by atoms with Crippen LogP contribution in [0, 0.1) is 0 Å². The van der Waals surface area contributed by atoms with E-state index < -0.39 is 29.9 Å². The molecule has 4 aromatic carbocycles. The number of rotatable bonds is 7. The molecule has 2 aliphatic carbocycles. The number of aromatic amines is 1. The molecule has 0 unspecified atom stereocenters. The van der Waals surface area contributed by atoms with Gasteiger partial charge in [-0.05, 0) is 70.5 Å². The highest BCUT2D eigenvalue weighted by atomic mass is 19.3. The van der Waals surface area contributed by atoms with Crippen LogP contribution in [-0.2, 0) is 31.3 Å². The fourth-order valence-electron chi connectivity index (χ4n) is 9.41. The number of methoxy groups -OCH3 is 1. The lowest BCUT2D eigenvalue weighted by Crippen LogP contribution is -2.48. The summed E-state index contributed by atoms with van der Waals surface area (Å²) in [5.74, 6) is -3.16. The monoisotopic (exact) mass is 769 g/mol. The molecule has 2 amide bonds. The van der Waals surface area contributed by atoms with Gasteiger partial charge in [-0.15, -0.1) is 0 Å². The van der Waals surface area contributed by atoms with Crippen LogP contribution in [0.15, 0.2) is 96.1 Å². The Labute approximate surface area is 328 Å². The summed E-state index contributed by atoms with van der Waals surface area (Å²) >= 11 is 0. The van der Waals surface area contributed by atoms with E-state index in [0.717, 1.165) is 46.9 Å². The van der Waals surface area contributed by atoms with Crippen molar-refractivity contribution in [3.63, 3.8) is 0 Å². The number of imidazole rings is 1. The molecule has 290 valence electrons. The van der Waals surface area contributed by atoms with E-state index in [4.69, 9.17) is 19.2 Å². The number of aliphatic imine (C=N–C) groups is 1. The Morgan fingerprint density at radius 3 is 2.33 bits per heavy atom. The molecular weight excluding hydrogens is 729 g/mol. The summed E-state index contributed by atoms with van der Waals surface area (Å²) in [6, 6.07) is 23.9. The van der Waals surface area contributed by atoms with Crippen LogP contribution in [-0.4, -0.2) is 71.3 Å². The average molecular weight is 770 g/mol. The number of nitrogens with zero attached hydrogens (tertiary/aromatic N) is 3. The lowest BCUT2D eigenvalue weighted by atomic mass is 9.95. The summed E-state index contributed by atoms with van der Waals surface area (Å²) in [5.41, 5.74) is 7.01. The molecule has 2 atom stereocenters. The summed E-state index contributed by atoms with van der Waals surface area (Å²) in [4.78, 5) is 41.6. The Balaban J connectivity index is 0.910. The Bertz CT molecular complexity index is 2440. The van der Waals surface area contributed by atoms with Gasteiger partial charge in [-0.2, -0.15) is 8.78 Å². The van der Waals surface area contributed by atoms with Gasteiger partial charge < -0.3 is 29.4 Å². The van der Waals surface area contributed by atoms with E-state index in [1.807, 2.05) is 36.4 Å². The number of nitrogens with one attached hydrogen (secondary N) is 2. The number of fused-ring (bicyclic) bond motifs is 4. The maximum absolute atomic E-state index is 16.4. The maximum Gasteiger partial charge on any atom is 0.407 e. The third-order valence-electron chi connectivity index (χ3n) is 12.3. The molecule has 5 aromatic rings. The molecule has 0 radical (unpaired) electrons. The van der Waals surface area contributed by atoms with Gasteiger partial charge in [0.05, 0.1) is 50.5 Å². The van der Waals surface area contributed by atoms with Crippen LogP contribution in [0.5, 0.6) is 0 Å². The van der Waals surface area contributed by atoms with Crippen molar-refractivity contribution in [3.8, 4) is 33.5 Å². The van der Waals surface area contributed by atoms with Crippen molar-refractivity contribution >= 4 is 23.4 Å². The van der Waals surface area contributed by atoms with E-state index in [1.165, 1.54) is 20.0 Å². The Kier molecular flexibility index (Phi) is 8.60. The molecule has 1 spiro atoms. The van der Waals surface area contributed by atoms with E-state index in [1.54, 1.807) is 59.6 Å². The molecule has 4 heterocycles. The van der Waals surface area contributed by atoms with Crippen LogP contribution in [0.4, 0.5) is 19.3 Å². The maximum atomic E-state index is 16.4. The van der Waals surface area contributed by atoms with Gasteiger partial charge in [0.1, 0.15) is 11.9 Å². The lowest BCUT2D eigenvalue weighted by Gasteiger charge is -2.29. The van der Waals surface area contributed by atoms with Crippen molar-refractivity contribution in [2.24, 2.45) is 4.99 Å². The summed E-state index contributed by atoms with van der Waals surface area (Å²) in [5, 5.41) is 2.71. The first-order valence-corrected chi connectivity index (χ1v) is 19.6. The van der Waals surface area contributed by atoms with Gasteiger partial charge in [0.15, 0.2) is 5.79 Å². The summed E-state index contributed by atoms with van der Waals surface area (Å²) in [6.07, 6.45) is 6.44. The molecule has 5 aliphatic rings. The summed E-state index contributed by atoms with van der Waals surface area (Å²) < 4.78 is 49.8. The molecule has 12 heteroatoms. The number of ether oxygens (including phenoxy) is 3. The molecule has 10 rings (SSSR count). The number of likely N-dealkylation sites (tertiary alicyclic amines) is 1. The van der Waals surface area contributed by atoms with Gasteiger partial charge in [-0.1, -0.05) is 73.5 Å². The second-order valence-corrected chi connectivity index (χ2v) is 15.7. The first kappa shape index (κ1) is 35.7. The van der Waals surface area contributed by atoms with Crippen LogP contribution in [0.2, 0.25) is 0 Å². The van der Waals surface area contributed by atoms with Gasteiger partial charge >= 0.3 is 6.09 Å². The Hall–Kier alpha value is -5.72. The molecule has 1 saturated carbocycles. The molecule has 2 N–H and O–H groups in total. The fourth-order valence-corrected chi connectivity index (χ4v) is 9.41. The number of amides is 2. The number of hydrogen-bond acceptors (Lipinski definition) is 7. The number of benzene rings is 4. The number of carbonyl (C=O) groups excluding carboxylic acids is 2. The Morgan fingerprint density at radius 1 is 0.912 bits per heavy atom. The average Bonchev–Trinajstić information content (AvgIpc) is 4.10. The van der Waals surface area contributed by atoms with Crippen molar-refractivity contribution in [3.05, 3.63) is 119 Å². The van der Waals surface area contributed by atoms with Crippen LogP contribution in [0.25, 0.3) is 33.5 Å². The largest absolute Gasteiger partial charge is 0.453 e. The van der Waals surface area contributed by atoms with Gasteiger partial charge in [-0.25, -0.2) is 9.78 Å². The third-order valence-corrected chi connectivity index (χ3v) is 12.3. The van der Waals surface area contributed by atoms with Crippen LogP contribution >= 0.6 is 0 Å². The molecule has 3 fully saturated rings. The molecule has 0 bridgehead atoms. The van der Waals surface area contributed by atoms with E-state index in [9.17, 15) is 9.59 Å². The third kappa shape index (κ3) is 6.13. The predicted molar refractivity (Wildman–Crippen MR) is 209 cm³/mol. The normalized spacial score (nSPS) is 20.6. The first-order valence-electron chi connectivity index (χ1n) is 19.6. The number of aromatic nitrogens is 2. The highest BCUT2D eigenvalue weighted by Crippen LogP contribution is 2.53. The second-order valence-electron chi connectivity index (χ2n) is 15.7. The van der Waals surface area contributed by atoms with Crippen molar-refractivity contribution in [1.82, 2.24) is 20.2 Å². The minimum atomic E-state index is -3.18. The topological polar surface area (TPSA) is 118 Å². The molecule has 3 aliphatic heterocycles. The van der Waals surface area contributed by atoms with Crippen LogP contribution in [0.1, 0.15) is 72.1 Å². The number of H-pyrrole nitrogens is 1. The summed E-state index contributed by atoms with van der Waals surface area (Å²) in [7, 11) is 1.26. The quantitative estimate of drug-likeness (QED) is 0.171. The van der Waals surface area contributed by atoms with Crippen LogP contribution in [0.3, 0.4) is 0 Å². The number of carbonyl (C=O) groups is 2. The zero-order valence-corrected chi connectivity index (χ0v) is 31.4. The molecule has 10 nitrogen and oxygen atoms in total.